The molecule has 16 heavy (non-hydrogen) atoms. The summed E-state index contributed by atoms with van der Waals surface area (Å²) in [5.74, 6) is 2.51. The summed E-state index contributed by atoms with van der Waals surface area (Å²) in [5.41, 5.74) is 0. The number of rotatable bonds is 4. The lowest BCUT2D eigenvalue weighted by atomic mass is 9.84. The molecule has 0 heterocycles. The quantitative estimate of drug-likeness (QED) is 0.816. The fraction of sp³-hybridized carbons (Fsp3) is 0.923. The van der Waals surface area contributed by atoms with Gasteiger partial charge in [0, 0.05) is 17.2 Å². The summed E-state index contributed by atoms with van der Waals surface area (Å²) in [5, 5.41) is 3.20. The first-order valence-corrected chi connectivity index (χ1v) is 7.78. The molecular weight excluding hydrogens is 218 g/mol. The number of hydrogen-bond donors (Lipinski definition) is 1. The Morgan fingerprint density at radius 2 is 2.00 bits per heavy atom. The van der Waals surface area contributed by atoms with Crippen LogP contribution in [-0.4, -0.2) is 23.5 Å². The monoisotopic (exact) mass is 239 g/mol. The van der Waals surface area contributed by atoms with E-state index in [1.165, 1.54) is 38.5 Å². The van der Waals surface area contributed by atoms with Gasteiger partial charge in [-0.3, -0.25) is 4.79 Å². The maximum Gasteiger partial charge on any atom is 0.223 e. The lowest BCUT2D eigenvalue weighted by Crippen LogP contribution is -2.46. The predicted molar refractivity (Wildman–Crippen MR) is 67.4 cm³/mol. The normalized spacial score (nSPS) is 38.7. The first-order chi connectivity index (χ1) is 7.72. The fourth-order valence-electron chi connectivity index (χ4n) is 3.35. The number of nitrogens with one attached hydrogen (secondary N) is 1. The van der Waals surface area contributed by atoms with E-state index in [4.69, 9.17) is 0 Å². The van der Waals surface area contributed by atoms with E-state index in [-0.39, 0.29) is 0 Å². The van der Waals surface area contributed by atoms with Crippen molar-refractivity contribution >= 4 is 17.7 Å². The van der Waals surface area contributed by atoms with Gasteiger partial charge in [-0.25, -0.2) is 0 Å². The van der Waals surface area contributed by atoms with Crippen molar-refractivity contribution in [3.05, 3.63) is 0 Å². The van der Waals surface area contributed by atoms with Crippen LogP contribution in [-0.2, 0) is 4.79 Å². The Morgan fingerprint density at radius 3 is 2.50 bits per heavy atom. The third kappa shape index (κ3) is 1.87. The second kappa shape index (κ2) is 3.94. The molecule has 0 aromatic heterocycles. The Morgan fingerprint density at radius 1 is 1.31 bits per heavy atom. The molecule has 0 spiro atoms. The van der Waals surface area contributed by atoms with Crippen molar-refractivity contribution in [2.24, 2.45) is 17.8 Å². The second-order valence-electron chi connectivity index (χ2n) is 5.88. The third-order valence-electron chi connectivity index (χ3n) is 4.90. The zero-order valence-corrected chi connectivity index (χ0v) is 10.8. The van der Waals surface area contributed by atoms with Gasteiger partial charge in [-0.1, -0.05) is 6.42 Å². The van der Waals surface area contributed by atoms with Gasteiger partial charge in [0.05, 0.1) is 0 Å². The van der Waals surface area contributed by atoms with E-state index in [1.807, 2.05) is 11.8 Å². The van der Waals surface area contributed by atoms with Gasteiger partial charge < -0.3 is 5.32 Å². The van der Waals surface area contributed by atoms with Crippen LogP contribution in [0.15, 0.2) is 0 Å². The molecule has 0 saturated heterocycles. The highest BCUT2D eigenvalue weighted by Gasteiger charge is 2.48. The van der Waals surface area contributed by atoms with Crippen LogP contribution in [0.5, 0.6) is 0 Å². The highest BCUT2D eigenvalue weighted by atomic mass is 32.2. The summed E-state index contributed by atoms with van der Waals surface area (Å²) < 4.78 is 0.386. The first kappa shape index (κ1) is 10.9. The molecule has 3 heteroatoms. The van der Waals surface area contributed by atoms with Gasteiger partial charge in [0.15, 0.2) is 0 Å². The van der Waals surface area contributed by atoms with Gasteiger partial charge in [-0.05, 0) is 50.2 Å². The first-order valence-electron chi connectivity index (χ1n) is 6.55. The van der Waals surface area contributed by atoms with E-state index >= 15 is 0 Å². The van der Waals surface area contributed by atoms with Crippen LogP contribution in [0.25, 0.3) is 0 Å². The summed E-state index contributed by atoms with van der Waals surface area (Å²) in [7, 11) is 0. The van der Waals surface area contributed by atoms with Crippen molar-refractivity contribution in [3.8, 4) is 0 Å². The molecule has 3 saturated carbocycles. The topological polar surface area (TPSA) is 29.1 Å². The molecule has 3 fully saturated rings. The van der Waals surface area contributed by atoms with Crippen molar-refractivity contribution < 1.29 is 4.79 Å². The molecule has 0 aromatic rings. The standard InChI is InChI=1S/C13H21NOS/c1-16-13(3-2-4-13)8-14-12(15)11-6-9-5-10(9)7-11/h9-11H,2-8H2,1H3,(H,14,15). The van der Waals surface area contributed by atoms with Crippen molar-refractivity contribution in [2.75, 3.05) is 12.8 Å². The van der Waals surface area contributed by atoms with E-state index < -0.39 is 0 Å². The fourth-order valence-corrected chi connectivity index (χ4v) is 4.26. The molecule has 1 N–H and O–H groups in total. The van der Waals surface area contributed by atoms with Crippen LogP contribution in [0.4, 0.5) is 0 Å². The van der Waals surface area contributed by atoms with E-state index in [9.17, 15) is 4.79 Å². The number of amides is 1. The average Bonchev–Trinajstić information content (AvgIpc) is 2.84. The summed E-state index contributed by atoms with van der Waals surface area (Å²) in [6.45, 7) is 0.902. The van der Waals surface area contributed by atoms with Crippen molar-refractivity contribution in [1.29, 1.82) is 0 Å². The molecule has 0 aliphatic heterocycles. The minimum absolute atomic E-state index is 0.340. The second-order valence-corrected chi connectivity index (χ2v) is 7.16. The van der Waals surface area contributed by atoms with Gasteiger partial charge in [0.2, 0.25) is 5.91 Å². The Kier molecular flexibility index (Phi) is 2.69. The van der Waals surface area contributed by atoms with Crippen LogP contribution in [0.2, 0.25) is 0 Å². The summed E-state index contributed by atoms with van der Waals surface area (Å²) in [6.07, 6.45) is 9.82. The molecule has 2 atom stereocenters. The van der Waals surface area contributed by atoms with Crippen LogP contribution < -0.4 is 5.32 Å². The zero-order valence-electron chi connectivity index (χ0n) is 10.00. The van der Waals surface area contributed by atoms with E-state index in [1.54, 1.807) is 0 Å². The van der Waals surface area contributed by atoms with Gasteiger partial charge in [0.25, 0.3) is 0 Å². The van der Waals surface area contributed by atoms with Gasteiger partial charge >= 0.3 is 0 Å². The van der Waals surface area contributed by atoms with Crippen LogP contribution >= 0.6 is 11.8 Å². The Labute approximate surface area is 102 Å². The molecule has 3 aliphatic rings. The largest absolute Gasteiger partial charge is 0.354 e. The Balaban J connectivity index is 1.46. The van der Waals surface area contributed by atoms with E-state index in [0.29, 0.717) is 16.6 Å². The van der Waals surface area contributed by atoms with Crippen LogP contribution in [0.3, 0.4) is 0 Å². The SMILES string of the molecule is CSC1(CNC(=O)C2CC3CC3C2)CCC1. The van der Waals surface area contributed by atoms with Crippen molar-refractivity contribution in [3.63, 3.8) is 0 Å². The molecule has 3 aliphatic carbocycles. The predicted octanol–water partition coefficient (Wildman–Crippen LogP) is 2.43. The minimum Gasteiger partial charge on any atom is -0.354 e. The maximum absolute atomic E-state index is 12.0. The molecule has 0 aromatic carbocycles. The third-order valence-corrected chi connectivity index (χ3v) is 6.32. The molecule has 0 radical (unpaired) electrons. The number of hydrogen-bond acceptors (Lipinski definition) is 2. The minimum atomic E-state index is 0.340. The number of thioether (sulfide) groups is 1. The Bertz CT molecular complexity index is 285. The molecular formula is C13H21NOS. The molecule has 2 unspecified atom stereocenters. The molecule has 90 valence electrons. The van der Waals surface area contributed by atoms with Gasteiger partial charge in [0.1, 0.15) is 0 Å². The lowest BCUT2D eigenvalue weighted by molar-refractivity contribution is -0.125. The molecule has 0 bridgehead atoms. The molecule has 1 amide bonds. The van der Waals surface area contributed by atoms with Crippen molar-refractivity contribution in [1.82, 2.24) is 5.32 Å². The number of carbonyl (C=O) groups is 1. The van der Waals surface area contributed by atoms with E-state index in [2.05, 4.69) is 11.6 Å². The highest BCUT2D eigenvalue weighted by molar-refractivity contribution is 8.00. The van der Waals surface area contributed by atoms with Crippen LogP contribution in [0.1, 0.15) is 38.5 Å². The van der Waals surface area contributed by atoms with Gasteiger partial charge in [-0.15, -0.1) is 0 Å². The summed E-state index contributed by atoms with van der Waals surface area (Å²) >= 11 is 1.94. The van der Waals surface area contributed by atoms with Crippen molar-refractivity contribution in [2.45, 2.75) is 43.3 Å². The van der Waals surface area contributed by atoms with Crippen LogP contribution in [0, 0.1) is 17.8 Å². The number of fused-ring (bicyclic) bond motifs is 1. The lowest BCUT2D eigenvalue weighted by Gasteiger charge is -2.40. The molecule has 2 nitrogen and oxygen atoms in total. The smallest absolute Gasteiger partial charge is 0.223 e. The van der Waals surface area contributed by atoms with Gasteiger partial charge in [-0.2, -0.15) is 11.8 Å². The zero-order chi connectivity index (χ0) is 11.2. The summed E-state index contributed by atoms with van der Waals surface area (Å²) in [6, 6.07) is 0. The Hall–Kier alpha value is -0.180. The number of carbonyl (C=O) groups excluding carboxylic acids is 1. The summed E-state index contributed by atoms with van der Waals surface area (Å²) in [4.78, 5) is 12.0. The highest BCUT2D eigenvalue weighted by Crippen LogP contribution is 2.54. The average molecular weight is 239 g/mol. The maximum atomic E-state index is 12.0. The molecule has 3 rings (SSSR count). The van der Waals surface area contributed by atoms with E-state index in [0.717, 1.165) is 18.4 Å².